The van der Waals surface area contributed by atoms with Crippen molar-refractivity contribution in [2.75, 3.05) is 23.3 Å². The van der Waals surface area contributed by atoms with Crippen LogP contribution in [0.25, 0.3) is 0 Å². The number of piperidine rings is 1. The van der Waals surface area contributed by atoms with Crippen molar-refractivity contribution in [3.05, 3.63) is 23.8 Å². The summed E-state index contributed by atoms with van der Waals surface area (Å²) in [7, 11) is 0. The zero-order chi connectivity index (χ0) is 10.3. The fourth-order valence-corrected chi connectivity index (χ4v) is 2.79. The maximum absolute atomic E-state index is 3.55. The Bertz CT molecular complexity index is 373. The van der Waals surface area contributed by atoms with Crippen molar-refractivity contribution in [3.8, 4) is 0 Å². The molecule has 15 heavy (non-hydrogen) atoms. The standard InChI is InChI=1S/C13H18N2/c1-10-5-6-12-13(8-10)15-7-3-2-4-11(15)9-14-12/h5-6,8,11,14H,2-4,7,9H2,1H3. The molecule has 2 heterocycles. The Balaban J connectivity index is 2.01. The third-order valence-corrected chi connectivity index (χ3v) is 3.62. The molecular formula is C13H18N2. The molecule has 2 aliphatic rings. The van der Waals surface area contributed by atoms with Gasteiger partial charge in [-0.1, -0.05) is 6.07 Å². The first-order chi connectivity index (χ1) is 7.34. The molecule has 1 saturated heterocycles. The summed E-state index contributed by atoms with van der Waals surface area (Å²) >= 11 is 0. The van der Waals surface area contributed by atoms with E-state index in [-0.39, 0.29) is 0 Å². The summed E-state index contributed by atoms with van der Waals surface area (Å²) < 4.78 is 0. The Morgan fingerprint density at radius 2 is 2.27 bits per heavy atom. The van der Waals surface area contributed by atoms with Gasteiger partial charge in [-0.05, 0) is 43.9 Å². The first-order valence-corrected chi connectivity index (χ1v) is 5.96. The molecule has 0 saturated carbocycles. The van der Waals surface area contributed by atoms with Gasteiger partial charge in [0.05, 0.1) is 11.4 Å². The van der Waals surface area contributed by atoms with Gasteiger partial charge in [-0.3, -0.25) is 0 Å². The second-order valence-corrected chi connectivity index (χ2v) is 4.74. The minimum absolute atomic E-state index is 0.730. The molecule has 2 heteroatoms. The number of benzene rings is 1. The molecule has 1 N–H and O–H groups in total. The Kier molecular flexibility index (Phi) is 2.08. The van der Waals surface area contributed by atoms with Crippen molar-refractivity contribution >= 4 is 11.4 Å². The van der Waals surface area contributed by atoms with Crippen molar-refractivity contribution in [2.45, 2.75) is 32.2 Å². The van der Waals surface area contributed by atoms with Gasteiger partial charge in [-0.25, -0.2) is 0 Å². The topological polar surface area (TPSA) is 15.3 Å². The number of aryl methyl sites for hydroxylation is 1. The highest BCUT2D eigenvalue weighted by Gasteiger charge is 2.27. The first-order valence-electron chi connectivity index (χ1n) is 5.96. The molecule has 0 amide bonds. The number of fused-ring (bicyclic) bond motifs is 3. The van der Waals surface area contributed by atoms with Gasteiger partial charge in [0.1, 0.15) is 0 Å². The number of nitrogens with one attached hydrogen (secondary N) is 1. The van der Waals surface area contributed by atoms with Crippen molar-refractivity contribution in [1.82, 2.24) is 0 Å². The molecule has 2 aliphatic heterocycles. The monoisotopic (exact) mass is 202 g/mol. The lowest BCUT2D eigenvalue weighted by Gasteiger charge is -2.42. The minimum atomic E-state index is 0.730. The van der Waals surface area contributed by atoms with Gasteiger partial charge >= 0.3 is 0 Å². The van der Waals surface area contributed by atoms with Gasteiger partial charge in [0.25, 0.3) is 0 Å². The lowest BCUT2D eigenvalue weighted by molar-refractivity contribution is 0.466. The van der Waals surface area contributed by atoms with E-state index in [2.05, 4.69) is 35.3 Å². The molecule has 0 spiro atoms. The summed E-state index contributed by atoms with van der Waals surface area (Å²) in [5.41, 5.74) is 4.10. The fraction of sp³-hybridized carbons (Fsp3) is 0.538. The van der Waals surface area contributed by atoms with Crippen molar-refractivity contribution in [1.29, 1.82) is 0 Å². The molecule has 1 aromatic carbocycles. The van der Waals surface area contributed by atoms with E-state index in [1.54, 1.807) is 0 Å². The van der Waals surface area contributed by atoms with Gasteiger partial charge < -0.3 is 10.2 Å². The van der Waals surface area contributed by atoms with Crippen LogP contribution in [0.1, 0.15) is 24.8 Å². The third-order valence-electron chi connectivity index (χ3n) is 3.62. The predicted octanol–water partition coefficient (Wildman–Crippen LogP) is 2.78. The van der Waals surface area contributed by atoms with Crippen LogP contribution in [0.3, 0.4) is 0 Å². The fourth-order valence-electron chi connectivity index (χ4n) is 2.79. The highest BCUT2D eigenvalue weighted by atomic mass is 15.2. The molecule has 0 aromatic heterocycles. The number of hydrogen-bond acceptors (Lipinski definition) is 2. The van der Waals surface area contributed by atoms with Crippen LogP contribution in [0.2, 0.25) is 0 Å². The second-order valence-electron chi connectivity index (χ2n) is 4.74. The summed E-state index contributed by atoms with van der Waals surface area (Å²) in [6.45, 7) is 4.53. The summed E-state index contributed by atoms with van der Waals surface area (Å²) in [6, 6.07) is 7.46. The van der Waals surface area contributed by atoms with Crippen LogP contribution in [-0.4, -0.2) is 19.1 Å². The van der Waals surface area contributed by atoms with Crippen LogP contribution in [0.5, 0.6) is 0 Å². The Labute approximate surface area is 91.3 Å². The Morgan fingerprint density at radius 3 is 3.20 bits per heavy atom. The number of hydrogen-bond donors (Lipinski definition) is 1. The Hall–Kier alpha value is -1.18. The molecule has 2 nitrogen and oxygen atoms in total. The molecule has 1 atom stereocenters. The maximum atomic E-state index is 3.55. The molecule has 1 aromatic rings. The quantitative estimate of drug-likeness (QED) is 0.696. The third kappa shape index (κ3) is 1.48. The van der Waals surface area contributed by atoms with Crippen molar-refractivity contribution < 1.29 is 0 Å². The van der Waals surface area contributed by atoms with E-state index >= 15 is 0 Å². The highest BCUT2D eigenvalue weighted by Crippen LogP contribution is 2.35. The number of nitrogens with zero attached hydrogens (tertiary/aromatic N) is 1. The van der Waals surface area contributed by atoms with Crippen LogP contribution in [0.15, 0.2) is 18.2 Å². The van der Waals surface area contributed by atoms with Gasteiger partial charge in [0, 0.05) is 19.1 Å². The van der Waals surface area contributed by atoms with Gasteiger partial charge in [-0.2, -0.15) is 0 Å². The van der Waals surface area contributed by atoms with Crippen LogP contribution in [0.4, 0.5) is 11.4 Å². The summed E-state index contributed by atoms with van der Waals surface area (Å²) in [6.07, 6.45) is 4.09. The van der Waals surface area contributed by atoms with E-state index in [9.17, 15) is 0 Å². The van der Waals surface area contributed by atoms with Gasteiger partial charge in [-0.15, -0.1) is 0 Å². The molecule has 3 rings (SSSR count). The molecule has 0 bridgehead atoms. The zero-order valence-corrected chi connectivity index (χ0v) is 9.29. The average molecular weight is 202 g/mol. The van der Waals surface area contributed by atoms with Crippen molar-refractivity contribution in [3.63, 3.8) is 0 Å². The summed E-state index contributed by atoms with van der Waals surface area (Å²) in [5.74, 6) is 0. The largest absolute Gasteiger partial charge is 0.381 e. The molecule has 0 aliphatic carbocycles. The van der Waals surface area contributed by atoms with E-state index < -0.39 is 0 Å². The molecular weight excluding hydrogens is 184 g/mol. The summed E-state index contributed by atoms with van der Waals surface area (Å²) in [5, 5.41) is 3.55. The molecule has 0 radical (unpaired) electrons. The van der Waals surface area contributed by atoms with Crippen LogP contribution in [-0.2, 0) is 0 Å². The molecule has 1 unspecified atom stereocenters. The SMILES string of the molecule is Cc1ccc2c(c1)N1CCCCC1CN2. The van der Waals surface area contributed by atoms with E-state index in [1.807, 2.05) is 0 Å². The second kappa shape index (κ2) is 3.44. The van der Waals surface area contributed by atoms with E-state index in [1.165, 1.54) is 42.7 Å². The molecule has 80 valence electrons. The lowest BCUT2D eigenvalue weighted by Crippen LogP contribution is -2.46. The minimum Gasteiger partial charge on any atom is -0.381 e. The van der Waals surface area contributed by atoms with Crippen LogP contribution in [0, 0.1) is 6.92 Å². The Morgan fingerprint density at radius 1 is 1.33 bits per heavy atom. The smallest absolute Gasteiger partial charge is 0.0607 e. The van der Waals surface area contributed by atoms with Gasteiger partial charge in [0.15, 0.2) is 0 Å². The van der Waals surface area contributed by atoms with E-state index in [0.717, 1.165) is 12.6 Å². The zero-order valence-electron chi connectivity index (χ0n) is 9.29. The predicted molar refractivity (Wildman–Crippen MR) is 64.7 cm³/mol. The normalized spacial score (nSPS) is 24.1. The summed E-state index contributed by atoms with van der Waals surface area (Å²) in [4.78, 5) is 2.60. The van der Waals surface area contributed by atoms with E-state index in [0.29, 0.717) is 0 Å². The van der Waals surface area contributed by atoms with Gasteiger partial charge in [0.2, 0.25) is 0 Å². The lowest BCUT2D eigenvalue weighted by atomic mass is 9.97. The maximum Gasteiger partial charge on any atom is 0.0607 e. The number of rotatable bonds is 0. The van der Waals surface area contributed by atoms with E-state index in [4.69, 9.17) is 0 Å². The first kappa shape index (κ1) is 9.08. The number of anilines is 2. The van der Waals surface area contributed by atoms with Crippen LogP contribution < -0.4 is 10.2 Å². The molecule has 1 fully saturated rings. The van der Waals surface area contributed by atoms with Crippen LogP contribution >= 0.6 is 0 Å². The average Bonchev–Trinajstić information content (AvgIpc) is 2.29. The highest BCUT2D eigenvalue weighted by molar-refractivity contribution is 5.73. The van der Waals surface area contributed by atoms with Crippen molar-refractivity contribution in [2.24, 2.45) is 0 Å².